The van der Waals surface area contributed by atoms with E-state index in [0.29, 0.717) is 12.1 Å². The molecule has 28 heavy (non-hydrogen) atoms. The van der Waals surface area contributed by atoms with Gasteiger partial charge in [-0.2, -0.15) is 0 Å². The predicted octanol–water partition coefficient (Wildman–Crippen LogP) is 3.16. The molecule has 2 heterocycles. The summed E-state index contributed by atoms with van der Waals surface area (Å²) in [5.41, 5.74) is 13.9. The van der Waals surface area contributed by atoms with E-state index in [-0.39, 0.29) is 0 Å². The molecule has 8 heteroatoms. The maximum Gasteiger partial charge on any atom is 0.180 e. The highest BCUT2D eigenvalue weighted by Crippen LogP contribution is 2.28. The topological polar surface area (TPSA) is 102 Å². The zero-order valence-electron chi connectivity index (χ0n) is 17.1. The Hall–Kier alpha value is -1.22. The van der Waals surface area contributed by atoms with E-state index in [9.17, 15) is 0 Å². The van der Waals surface area contributed by atoms with E-state index in [1.54, 1.807) is 22.7 Å². The number of fused-ring (bicyclic) bond motifs is 2. The van der Waals surface area contributed by atoms with Crippen molar-refractivity contribution in [3.8, 4) is 0 Å². The predicted molar refractivity (Wildman–Crippen MR) is 121 cm³/mol. The number of thiazole rings is 2. The number of hydrogen-bond acceptors (Lipinski definition) is 8. The Morgan fingerprint density at radius 2 is 1.25 bits per heavy atom. The monoisotopic (exact) mass is 422 g/mol. The van der Waals surface area contributed by atoms with Crippen LogP contribution in [0.25, 0.3) is 0 Å². The summed E-state index contributed by atoms with van der Waals surface area (Å²) in [5.74, 6) is 0. The molecule has 0 unspecified atom stereocenters. The number of anilines is 2. The van der Waals surface area contributed by atoms with Gasteiger partial charge in [0.15, 0.2) is 10.3 Å². The molecular formula is C20H34N6S2. The van der Waals surface area contributed by atoms with Crippen LogP contribution in [0.2, 0.25) is 0 Å². The van der Waals surface area contributed by atoms with Gasteiger partial charge in [0, 0.05) is 21.8 Å². The second-order valence-corrected chi connectivity index (χ2v) is 9.86. The lowest BCUT2D eigenvalue weighted by Crippen LogP contribution is -2.34. The van der Waals surface area contributed by atoms with Crippen LogP contribution in [0, 0.1) is 0 Å². The molecule has 2 aromatic heterocycles. The van der Waals surface area contributed by atoms with Crippen LogP contribution >= 0.6 is 22.7 Å². The second-order valence-electron chi connectivity index (χ2n) is 7.63. The second kappa shape index (κ2) is 10.5. The Morgan fingerprint density at radius 1 is 0.821 bits per heavy atom. The lowest BCUT2D eigenvalue weighted by Gasteiger charge is -2.21. The SMILES string of the molecule is CCCN[C@@H]1CCc2nc(N)sc2C1.CCCN[C@H]1CCc2nc(N)sc2C1. The van der Waals surface area contributed by atoms with Gasteiger partial charge in [-0.3, -0.25) is 0 Å². The van der Waals surface area contributed by atoms with Crippen molar-refractivity contribution in [1.29, 1.82) is 0 Å². The van der Waals surface area contributed by atoms with Crippen molar-refractivity contribution in [2.75, 3.05) is 24.6 Å². The van der Waals surface area contributed by atoms with Crippen LogP contribution in [0.15, 0.2) is 0 Å². The molecule has 2 aliphatic rings. The van der Waals surface area contributed by atoms with Crippen LogP contribution in [0.4, 0.5) is 10.3 Å². The summed E-state index contributed by atoms with van der Waals surface area (Å²) in [4.78, 5) is 11.5. The molecule has 0 bridgehead atoms. The third-order valence-electron chi connectivity index (χ3n) is 5.28. The molecular weight excluding hydrogens is 388 g/mol. The average molecular weight is 423 g/mol. The van der Waals surface area contributed by atoms with Crippen LogP contribution in [0.3, 0.4) is 0 Å². The number of rotatable bonds is 6. The number of nitrogen functional groups attached to an aromatic ring is 2. The summed E-state index contributed by atoms with van der Waals surface area (Å²) >= 11 is 3.31. The van der Waals surface area contributed by atoms with Crippen LogP contribution in [0.5, 0.6) is 0 Å². The molecule has 0 spiro atoms. The largest absolute Gasteiger partial charge is 0.375 e. The van der Waals surface area contributed by atoms with E-state index >= 15 is 0 Å². The molecule has 0 aromatic carbocycles. The normalized spacial score (nSPS) is 20.8. The quantitative estimate of drug-likeness (QED) is 0.570. The van der Waals surface area contributed by atoms with Crippen molar-refractivity contribution in [2.45, 2.75) is 77.3 Å². The fourth-order valence-electron chi connectivity index (χ4n) is 3.84. The van der Waals surface area contributed by atoms with Crippen molar-refractivity contribution >= 4 is 32.9 Å². The number of hydrogen-bond donors (Lipinski definition) is 4. The van der Waals surface area contributed by atoms with E-state index in [2.05, 4.69) is 34.4 Å². The maximum atomic E-state index is 5.69. The van der Waals surface area contributed by atoms with Gasteiger partial charge in [-0.1, -0.05) is 13.8 Å². The van der Waals surface area contributed by atoms with Crippen molar-refractivity contribution in [3.05, 3.63) is 21.1 Å². The molecule has 2 aliphatic carbocycles. The van der Waals surface area contributed by atoms with Crippen molar-refractivity contribution in [1.82, 2.24) is 20.6 Å². The van der Waals surface area contributed by atoms with Crippen molar-refractivity contribution in [2.24, 2.45) is 0 Å². The molecule has 156 valence electrons. The Kier molecular flexibility index (Phi) is 8.08. The molecule has 6 N–H and O–H groups in total. The first-order chi connectivity index (χ1) is 13.6. The van der Waals surface area contributed by atoms with Gasteiger partial charge in [-0.15, -0.1) is 22.7 Å². The number of aromatic nitrogens is 2. The maximum absolute atomic E-state index is 5.69. The van der Waals surface area contributed by atoms with Crippen LogP contribution in [0.1, 0.15) is 60.7 Å². The summed E-state index contributed by atoms with van der Waals surface area (Å²) in [6, 6.07) is 1.28. The fraction of sp³-hybridized carbons (Fsp3) is 0.700. The molecule has 0 aliphatic heterocycles. The first kappa shape index (κ1) is 21.5. The summed E-state index contributed by atoms with van der Waals surface area (Å²) in [5, 5.41) is 8.57. The highest BCUT2D eigenvalue weighted by atomic mass is 32.1. The Balaban J connectivity index is 0.000000161. The molecule has 2 aromatic rings. The number of nitrogens with zero attached hydrogens (tertiary/aromatic N) is 2. The third kappa shape index (κ3) is 5.89. The van der Waals surface area contributed by atoms with Gasteiger partial charge in [0.25, 0.3) is 0 Å². The molecule has 0 radical (unpaired) electrons. The fourth-order valence-corrected chi connectivity index (χ4v) is 5.75. The Bertz CT molecular complexity index is 679. The van der Waals surface area contributed by atoms with Crippen molar-refractivity contribution in [3.63, 3.8) is 0 Å². The average Bonchev–Trinajstić information content (AvgIpc) is 3.24. The van der Waals surface area contributed by atoms with Crippen LogP contribution < -0.4 is 22.1 Å². The van der Waals surface area contributed by atoms with Gasteiger partial charge >= 0.3 is 0 Å². The van der Waals surface area contributed by atoms with Gasteiger partial charge in [-0.25, -0.2) is 9.97 Å². The van der Waals surface area contributed by atoms with Crippen molar-refractivity contribution < 1.29 is 0 Å². The standard InChI is InChI=1S/2C10H17N3S/c2*1-2-5-12-7-3-4-8-9(6-7)14-10(11)13-8/h2*7,12H,2-6H2,1H3,(H2,11,13)/t2*7-/m10/s1. The van der Waals surface area contributed by atoms with E-state index < -0.39 is 0 Å². The third-order valence-corrected chi connectivity index (χ3v) is 7.18. The minimum absolute atomic E-state index is 0.641. The smallest absolute Gasteiger partial charge is 0.180 e. The van der Waals surface area contributed by atoms with E-state index in [1.165, 1.54) is 46.8 Å². The Labute approximate surface area is 176 Å². The number of nitrogens with two attached hydrogens (primary N) is 2. The summed E-state index contributed by atoms with van der Waals surface area (Å²) in [7, 11) is 0. The van der Waals surface area contributed by atoms with Gasteiger partial charge in [-0.05, 0) is 64.5 Å². The summed E-state index contributed by atoms with van der Waals surface area (Å²) in [6.07, 6.45) is 9.22. The minimum Gasteiger partial charge on any atom is -0.375 e. The molecule has 6 nitrogen and oxygen atoms in total. The van der Waals surface area contributed by atoms with E-state index in [1.807, 2.05) is 0 Å². The summed E-state index contributed by atoms with van der Waals surface area (Å²) in [6.45, 7) is 6.64. The lowest BCUT2D eigenvalue weighted by atomic mass is 9.98. The lowest BCUT2D eigenvalue weighted by molar-refractivity contribution is 0.460. The first-order valence-electron chi connectivity index (χ1n) is 10.5. The zero-order chi connectivity index (χ0) is 19.9. The number of aryl methyl sites for hydroxylation is 2. The van der Waals surface area contributed by atoms with E-state index in [4.69, 9.17) is 11.5 Å². The zero-order valence-corrected chi connectivity index (χ0v) is 18.7. The highest BCUT2D eigenvalue weighted by molar-refractivity contribution is 7.15. The number of nitrogens with one attached hydrogen (secondary N) is 2. The summed E-state index contributed by atoms with van der Waals surface area (Å²) < 4.78 is 0. The van der Waals surface area contributed by atoms with Gasteiger partial charge in [0.05, 0.1) is 11.4 Å². The van der Waals surface area contributed by atoms with E-state index in [0.717, 1.165) is 49.0 Å². The van der Waals surface area contributed by atoms with Gasteiger partial charge < -0.3 is 22.1 Å². The Morgan fingerprint density at radius 3 is 1.64 bits per heavy atom. The van der Waals surface area contributed by atoms with Gasteiger partial charge in [0.2, 0.25) is 0 Å². The minimum atomic E-state index is 0.641. The molecule has 4 rings (SSSR count). The van der Waals surface area contributed by atoms with Crippen LogP contribution in [-0.2, 0) is 25.7 Å². The molecule has 0 saturated heterocycles. The first-order valence-corrected chi connectivity index (χ1v) is 12.2. The molecule has 0 saturated carbocycles. The van der Waals surface area contributed by atoms with Gasteiger partial charge in [0.1, 0.15) is 0 Å². The molecule has 0 amide bonds. The molecule has 0 fully saturated rings. The van der Waals surface area contributed by atoms with Crippen LogP contribution in [-0.4, -0.2) is 35.1 Å². The highest BCUT2D eigenvalue weighted by Gasteiger charge is 2.22. The molecule has 2 atom stereocenters.